The topological polar surface area (TPSA) is 29.1 Å². The lowest BCUT2D eigenvalue weighted by Gasteiger charge is -2.22. The molecule has 0 heterocycles. The number of hydrogen-bond donors (Lipinski definition) is 1. The maximum atomic E-state index is 9.82. The van der Waals surface area contributed by atoms with Crippen LogP contribution in [-0.4, -0.2) is 38.1 Å². The van der Waals surface area contributed by atoms with E-state index in [1.165, 1.54) is 13.0 Å². The number of quaternary nitrogens is 1. The minimum absolute atomic E-state index is 0.378. The molecule has 0 unspecified atom stereocenters. The van der Waals surface area contributed by atoms with Gasteiger partial charge in [-0.1, -0.05) is 13.5 Å². The van der Waals surface area contributed by atoms with Gasteiger partial charge in [0.05, 0.1) is 27.7 Å². The van der Waals surface area contributed by atoms with Crippen molar-refractivity contribution in [2.75, 3.05) is 27.7 Å². The molecule has 1 N–H and O–H groups in total. The van der Waals surface area contributed by atoms with Crippen molar-refractivity contribution in [3.8, 4) is 0 Å². The molecule has 3 nitrogen and oxygen atoms in total. The third-order valence-electron chi connectivity index (χ3n) is 1.17. The lowest BCUT2D eigenvalue weighted by molar-refractivity contribution is -0.870. The first-order valence-electron chi connectivity index (χ1n) is 4.21. The summed E-state index contributed by atoms with van der Waals surface area (Å²) in [5.41, 5.74) is 0. The summed E-state index contributed by atoms with van der Waals surface area (Å²) >= 11 is 4.78. The maximum Gasteiger partial charge on any atom is 0.257 e. The van der Waals surface area contributed by atoms with Gasteiger partial charge in [-0.3, -0.25) is 9.63 Å². The highest BCUT2D eigenvalue weighted by molar-refractivity contribution is 6.22. The van der Waals surface area contributed by atoms with E-state index in [-0.39, 0.29) is 5.91 Å². The number of amides is 1. The van der Waals surface area contributed by atoms with Gasteiger partial charge in [0, 0.05) is 11.8 Å². The molecule has 1 amide bonds. The second-order valence-electron chi connectivity index (χ2n) is 3.68. The van der Waals surface area contributed by atoms with Gasteiger partial charge in [-0.05, 0) is 12.5 Å². The van der Waals surface area contributed by atoms with E-state index in [1.807, 2.05) is 4.84 Å². The number of rotatable bonds is 3. The molecule has 0 saturated carbocycles. The molecule has 0 aromatic heterocycles. The first-order chi connectivity index (χ1) is 5.87. The van der Waals surface area contributed by atoms with E-state index < -0.39 is 0 Å². The minimum atomic E-state index is -0.378. The minimum Gasteiger partial charge on any atom is -0.331 e. The second kappa shape index (κ2) is 8.08. The van der Waals surface area contributed by atoms with Gasteiger partial charge >= 0.3 is 0 Å². The molecule has 0 spiro atoms. The monoisotopic (exact) mass is 207 g/mol. The molecule has 0 saturated heterocycles. The Balaban J connectivity index is 0. The highest BCUT2D eigenvalue weighted by atomic mass is 35.5. The van der Waals surface area contributed by atoms with Crippen molar-refractivity contribution in [2.24, 2.45) is 0 Å². The van der Waals surface area contributed by atoms with Crippen LogP contribution in [0.4, 0.5) is 0 Å². The van der Waals surface area contributed by atoms with E-state index in [0.29, 0.717) is 0 Å². The summed E-state index contributed by atoms with van der Waals surface area (Å²) in [7, 11) is 6.64. The van der Waals surface area contributed by atoms with Crippen LogP contribution in [0.2, 0.25) is 0 Å². The van der Waals surface area contributed by atoms with Gasteiger partial charge in [-0.15, -0.1) is 0 Å². The van der Waals surface area contributed by atoms with Crippen molar-refractivity contribution in [1.82, 2.24) is 4.84 Å². The van der Waals surface area contributed by atoms with Crippen LogP contribution in [0.3, 0.4) is 0 Å². The molecule has 4 heteroatoms. The summed E-state index contributed by atoms with van der Waals surface area (Å²) in [6, 6.07) is 0. The molecule has 0 aliphatic heterocycles. The lowest BCUT2D eigenvalue weighted by Crippen LogP contribution is -2.34. The molecule has 0 radical (unpaired) electrons. The molecule has 0 fully saturated rings. The predicted octanol–water partition coefficient (Wildman–Crippen LogP) is 1.54. The Kier molecular flexibility index (Phi) is 9.29. The van der Waals surface area contributed by atoms with Crippen LogP contribution in [-0.2, 0) is 4.79 Å². The molecule has 0 aromatic carbocycles. The van der Waals surface area contributed by atoms with E-state index in [2.05, 4.69) is 34.6 Å². The third-order valence-corrected chi connectivity index (χ3v) is 1.36. The molecule has 0 bridgehead atoms. The summed E-state index contributed by atoms with van der Waals surface area (Å²) in [6.45, 7) is 6.62. The van der Waals surface area contributed by atoms with Crippen LogP contribution in [0.5, 0.6) is 0 Å². The number of nitrogens with zero attached hydrogens (tertiary/aromatic N) is 1. The van der Waals surface area contributed by atoms with E-state index in [9.17, 15) is 4.79 Å². The number of nitrogens with one attached hydrogen (secondary N) is 1. The SMILES string of the molecule is C=CC(=O)NCl.CCC[N+](C)(C)C. The number of hydrogen-bond acceptors (Lipinski definition) is 1. The molecule has 13 heavy (non-hydrogen) atoms. The fraction of sp³-hybridized carbons (Fsp3) is 0.667. The van der Waals surface area contributed by atoms with Crippen molar-refractivity contribution < 1.29 is 9.28 Å². The smallest absolute Gasteiger partial charge is 0.257 e. The van der Waals surface area contributed by atoms with Gasteiger partial charge in [-0.2, -0.15) is 0 Å². The predicted molar refractivity (Wildman–Crippen MR) is 57.4 cm³/mol. The molecule has 0 aromatic rings. The summed E-state index contributed by atoms with van der Waals surface area (Å²) in [5, 5.41) is 0. The summed E-state index contributed by atoms with van der Waals surface area (Å²) in [6.07, 6.45) is 2.37. The van der Waals surface area contributed by atoms with Gasteiger partial charge in [0.1, 0.15) is 0 Å². The zero-order chi connectivity index (χ0) is 10.9. The highest BCUT2D eigenvalue weighted by Gasteiger charge is 2.01. The molecule has 0 rings (SSSR count). The van der Waals surface area contributed by atoms with Crippen molar-refractivity contribution in [1.29, 1.82) is 0 Å². The quantitative estimate of drug-likeness (QED) is 0.425. The molecule has 78 valence electrons. The average Bonchev–Trinajstić information content (AvgIpc) is 2.02. The molecule has 0 aliphatic rings. The standard InChI is InChI=1S/C6H16N.C3H4ClNO/c1-5-6-7(2,3)4;1-2-3(6)5-4/h5-6H2,1-4H3;2H,1H2,(H,5,6)/q+1;. The van der Waals surface area contributed by atoms with E-state index in [0.717, 1.165) is 10.6 Å². The van der Waals surface area contributed by atoms with Crippen molar-refractivity contribution in [3.63, 3.8) is 0 Å². The largest absolute Gasteiger partial charge is 0.331 e. The highest BCUT2D eigenvalue weighted by Crippen LogP contribution is 1.90. The molecule has 0 atom stereocenters. The Morgan fingerprint density at radius 1 is 1.54 bits per heavy atom. The van der Waals surface area contributed by atoms with Gasteiger partial charge in [0.2, 0.25) is 0 Å². The van der Waals surface area contributed by atoms with E-state index >= 15 is 0 Å². The Labute approximate surface area is 86.1 Å². The Morgan fingerprint density at radius 2 is 2.00 bits per heavy atom. The van der Waals surface area contributed by atoms with Crippen LogP contribution < -0.4 is 4.84 Å². The summed E-state index contributed by atoms with van der Waals surface area (Å²) < 4.78 is 1.09. The Bertz CT molecular complexity index is 152. The fourth-order valence-corrected chi connectivity index (χ4v) is 0.787. The van der Waals surface area contributed by atoms with Crippen molar-refractivity contribution >= 4 is 17.7 Å². The first kappa shape index (κ1) is 15.0. The van der Waals surface area contributed by atoms with Crippen LogP contribution in [0.1, 0.15) is 13.3 Å². The number of carbonyl (C=O) groups is 1. The number of carbonyl (C=O) groups excluding carboxylic acids is 1. The maximum absolute atomic E-state index is 9.82. The Morgan fingerprint density at radius 3 is 2.00 bits per heavy atom. The van der Waals surface area contributed by atoms with E-state index in [4.69, 9.17) is 11.8 Å². The van der Waals surface area contributed by atoms with Crippen molar-refractivity contribution in [2.45, 2.75) is 13.3 Å². The molecular formula is C9H20ClN2O+. The van der Waals surface area contributed by atoms with Crippen LogP contribution in [0.15, 0.2) is 12.7 Å². The average molecular weight is 208 g/mol. The zero-order valence-electron chi connectivity index (χ0n) is 8.93. The third kappa shape index (κ3) is 18.4. The number of halogens is 1. The first-order valence-corrected chi connectivity index (χ1v) is 4.58. The molecular weight excluding hydrogens is 188 g/mol. The zero-order valence-corrected chi connectivity index (χ0v) is 9.69. The Hall–Kier alpha value is -0.540. The van der Waals surface area contributed by atoms with Gasteiger partial charge in [-0.25, -0.2) is 0 Å². The van der Waals surface area contributed by atoms with E-state index in [1.54, 1.807) is 0 Å². The van der Waals surface area contributed by atoms with Crippen molar-refractivity contribution in [3.05, 3.63) is 12.7 Å². The van der Waals surface area contributed by atoms with Crippen LogP contribution >= 0.6 is 11.8 Å². The normalized spacial score (nSPS) is 9.62. The van der Waals surface area contributed by atoms with Gasteiger partial charge in [0.15, 0.2) is 0 Å². The van der Waals surface area contributed by atoms with Gasteiger partial charge < -0.3 is 4.48 Å². The summed E-state index contributed by atoms with van der Waals surface area (Å²) in [4.78, 5) is 11.6. The lowest BCUT2D eigenvalue weighted by atomic mass is 10.4. The van der Waals surface area contributed by atoms with Crippen LogP contribution in [0.25, 0.3) is 0 Å². The summed E-state index contributed by atoms with van der Waals surface area (Å²) in [5.74, 6) is -0.378. The van der Waals surface area contributed by atoms with Crippen LogP contribution in [0, 0.1) is 0 Å². The van der Waals surface area contributed by atoms with Gasteiger partial charge in [0.25, 0.3) is 5.91 Å². The second-order valence-corrected chi connectivity index (χ2v) is 3.87. The fourth-order valence-electron chi connectivity index (χ4n) is 0.709. The molecule has 0 aliphatic carbocycles.